The maximum Gasteiger partial charge on any atom is 0.170 e. The van der Waals surface area contributed by atoms with E-state index < -0.39 is 0 Å². The molecule has 2 aromatic carbocycles. The summed E-state index contributed by atoms with van der Waals surface area (Å²) in [5, 5.41) is 0. The topological polar surface area (TPSA) is 26.3 Å². The van der Waals surface area contributed by atoms with E-state index in [0.717, 1.165) is 11.1 Å². The molecule has 102 valence electrons. The molecule has 2 nitrogen and oxygen atoms in total. The first-order valence-corrected chi connectivity index (χ1v) is 6.92. The summed E-state index contributed by atoms with van der Waals surface area (Å²) >= 11 is 0. The Morgan fingerprint density at radius 3 is 2.50 bits per heavy atom. The van der Waals surface area contributed by atoms with Crippen LogP contribution in [0.3, 0.4) is 0 Å². The lowest BCUT2D eigenvalue weighted by atomic mass is 9.92. The molecule has 2 heteroatoms. The van der Waals surface area contributed by atoms with Gasteiger partial charge >= 0.3 is 0 Å². The van der Waals surface area contributed by atoms with E-state index in [2.05, 4.69) is 32.0 Å². The van der Waals surface area contributed by atoms with Crippen molar-refractivity contribution < 1.29 is 9.53 Å². The molecule has 2 aromatic rings. The smallest absolute Gasteiger partial charge is 0.170 e. The highest BCUT2D eigenvalue weighted by molar-refractivity contribution is 6.00. The zero-order valence-corrected chi connectivity index (χ0v) is 12.1. The summed E-state index contributed by atoms with van der Waals surface area (Å²) < 4.78 is 6.06. The van der Waals surface area contributed by atoms with Crippen LogP contribution < -0.4 is 4.74 Å². The van der Waals surface area contributed by atoms with Crippen LogP contribution in [0.1, 0.15) is 45.1 Å². The lowest BCUT2D eigenvalue weighted by Crippen LogP contribution is -2.21. The first kappa shape index (κ1) is 12.9. The minimum absolute atomic E-state index is 0.167. The number of ether oxygens (including phenoxy) is 1. The highest BCUT2D eigenvalue weighted by Crippen LogP contribution is 2.36. The Morgan fingerprint density at radius 2 is 1.70 bits per heavy atom. The zero-order chi connectivity index (χ0) is 14.3. The molecule has 0 bridgehead atoms. The molecular formula is C18H18O2. The summed E-state index contributed by atoms with van der Waals surface area (Å²) in [5.41, 5.74) is 5.28. The summed E-state index contributed by atoms with van der Waals surface area (Å²) in [5.74, 6) is 0.874. The number of hydrogen-bond acceptors (Lipinski definition) is 2. The first-order chi connectivity index (χ1) is 9.54. The molecule has 0 amide bonds. The zero-order valence-electron chi connectivity index (χ0n) is 12.1. The monoisotopic (exact) mass is 266 g/mol. The van der Waals surface area contributed by atoms with Gasteiger partial charge in [0.1, 0.15) is 11.9 Å². The van der Waals surface area contributed by atoms with Crippen LogP contribution in [0.25, 0.3) is 0 Å². The highest BCUT2D eigenvalue weighted by atomic mass is 16.5. The molecule has 0 N–H and O–H groups in total. The van der Waals surface area contributed by atoms with E-state index in [1.54, 1.807) is 0 Å². The van der Waals surface area contributed by atoms with E-state index in [4.69, 9.17) is 4.74 Å². The Hall–Kier alpha value is -2.09. The first-order valence-electron chi connectivity index (χ1n) is 6.92. The van der Waals surface area contributed by atoms with Gasteiger partial charge < -0.3 is 4.74 Å². The predicted octanol–water partition coefficient (Wildman–Crippen LogP) is 4.32. The van der Waals surface area contributed by atoms with Gasteiger partial charge in [0.25, 0.3) is 0 Å². The van der Waals surface area contributed by atoms with Crippen molar-refractivity contribution in [2.75, 3.05) is 0 Å². The molecule has 1 aliphatic rings. The summed E-state index contributed by atoms with van der Waals surface area (Å²) in [6.07, 6.45) is 0.249. The number of ketones is 1. The fraction of sp³-hybridized carbons (Fsp3) is 0.278. The van der Waals surface area contributed by atoms with Crippen molar-refractivity contribution in [2.45, 2.75) is 33.3 Å². The summed E-state index contributed by atoms with van der Waals surface area (Å²) in [6, 6.07) is 12.1. The minimum Gasteiger partial charge on any atom is -0.484 e. The number of benzene rings is 2. The third kappa shape index (κ3) is 2.22. The fourth-order valence-electron chi connectivity index (χ4n) is 2.72. The van der Waals surface area contributed by atoms with Crippen LogP contribution in [-0.4, -0.2) is 5.78 Å². The summed E-state index contributed by atoms with van der Waals surface area (Å²) in [4.78, 5) is 12.3. The van der Waals surface area contributed by atoms with Gasteiger partial charge in [-0.2, -0.15) is 0 Å². The third-order valence-corrected chi connectivity index (χ3v) is 3.86. The quantitative estimate of drug-likeness (QED) is 0.768. The molecule has 0 aromatic heterocycles. The van der Waals surface area contributed by atoms with Crippen molar-refractivity contribution in [1.29, 1.82) is 0 Å². The Balaban J connectivity index is 2.01. The van der Waals surface area contributed by atoms with Gasteiger partial charge in [-0.15, -0.1) is 0 Å². The van der Waals surface area contributed by atoms with Gasteiger partial charge in [-0.25, -0.2) is 0 Å². The molecule has 1 heterocycles. The van der Waals surface area contributed by atoms with Crippen LogP contribution in [0.5, 0.6) is 5.75 Å². The van der Waals surface area contributed by atoms with Gasteiger partial charge in [0.15, 0.2) is 5.78 Å². The number of hydrogen-bond donors (Lipinski definition) is 0. The highest BCUT2D eigenvalue weighted by Gasteiger charge is 2.28. The Bertz CT molecular complexity index is 686. The summed E-state index contributed by atoms with van der Waals surface area (Å²) in [7, 11) is 0. The summed E-state index contributed by atoms with van der Waals surface area (Å²) in [6.45, 7) is 6.11. The van der Waals surface area contributed by atoms with Crippen molar-refractivity contribution in [2.24, 2.45) is 0 Å². The second-order valence-corrected chi connectivity index (χ2v) is 5.59. The maximum absolute atomic E-state index is 12.3. The lowest BCUT2D eigenvalue weighted by molar-refractivity contribution is 0.0849. The molecule has 1 atom stereocenters. The van der Waals surface area contributed by atoms with Crippen LogP contribution in [0, 0.1) is 20.8 Å². The number of carbonyl (C=O) groups is 1. The molecular weight excluding hydrogens is 248 g/mol. The number of fused-ring (bicyclic) bond motifs is 1. The molecule has 0 aliphatic carbocycles. The van der Waals surface area contributed by atoms with Crippen molar-refractivity contribution >= 4 is 5.78 Å². The Labute approximate surface area is 119 Å². The van der Waals surface area contributed by atoms with Crippen molar-refractivity contribution in [3.8, 4) is 5.75 Å². The van der Waals surface area contributed by atoms with Crippen LogP contribution in [-0.2, 0) is 0 Å². The van der Waals surface area contributed by atoms with Crippen LogP contribution in [0.15, 0.2) is 36.4 Å². The molecule has 0 spiro atoms. The van der Waals surface area contributed by atoms with E-state index >= 15 is 0 Å². The fourth-order valence-corrected chi connectivity index (χ4v) is 2.72. The van der Waals surface area contributed by atoms with E-state index in [1.807, 2.05) is 25.1 Å². The molecule has 0 saturated heterocycles. The maximum atomic E-state index is 12.3. The van der Waals surface area contributed by atoms with Gasteiger partial charge in [0.2, 0.25) is 0 Å². The van der Waals surface area contributed by atoms with Gasteiger partial charge in [0.05, 0.1) is 12.0 Å². The molecule has 0 fully saturated rings. The second-order valence-electron chi connectivity index (χ2n) is 5.59. The van der Waals surface area contributed by atoms with Gasteiger partial charge in [-0.05, 0) is 44.0 Å². The molecule has 20 heavy (non-hydrogen) atoms. The average Bonchev–Trinajstić information content (AvgIpc) is 2.42. The number of carbonyl (C=O) groups excluding carboxylic acids is 1. The Kier molecular flexibility index (Phi) is 3.09. The van der Waals surface area contributed by atoms with Crippen LogP contribution in [0.2, 0.25) is 0 Å². The lowest BCUT2D eigenvalue weighted by Gasteiger charge is -2.27. The number of Topliss-reactive ketones (excluding diaryl/α,β-unsaturated/α-hetero) is 1. The molecule has 0 radical (unpaired) electrons. The van der Waals surface area contributed by atoms with Crippen LogP contribution >= 0.6 is 0 Å². The van der Waals surface area contributed by atoms with Crippen molar-refractivity contribution in [1.82, 2.24) is 0 Å². The largest absolute Gasteiger partial charge is 0.484 e. The number of aryl methyl sites for hydroxylation is 3. The molecule has 3 rings (SSSR count). The molecule has 1 aliphatic heterocycles. The van der Waals surface area contributed by atoms with E-state index in [-0.39, 0.29) is 11.9 Å². The average molecular weight is 266 g/mol. The standard InChI is InChI=1S/C18H18O2/c1-11-4-6-13(3)14(8-11)18-10-16(19)15-9-12(2)5-7-17(15)20-18/h4-9,18H,10H2,1-3H3. The van der Waals surface area contributed by atoms with Crippen molar-refractivity contribution in [3.05, 3.63) is 64.2 Å². The van der Waals surface area contributed by atoms with Gasteiger partial charge in [0, 0.05) is 0 Å². The van der Waals surface area contributed by atoms with Crippen molar-refractivity contribution in [3.63, 3.8) is 0 Å². The van der Waals surface area contributed by atoms with Gasteiger partial charge in [-0.3, -0.25) is 4.79 Å². The Morgan fingerprint density at radius 1 is 1.00 bits per heavy atom. The van der Waals surface area contributed by atoms with Crippen LogP contribution in [0.4, 0.5) is 0 Å². The van der Waals surface area contributed by atoms with E-state index in [1.165, 1.54) is 11.1 Å². The third-order valence-electron chi connectivity index (χ3n) is 3.86. The normalized spacial score (nSPS) is 17.6. The molecule has 1 unspecified atom stereocenters. The van der Waals surface area contributed by atoms with E-state index in [0.29, 0.717) is 17.7 Å². The van der Waals surface area contributed by atoms with Gasteiger partial charge in [-0.1, -0.05) is 35.4 Å². The number of rotatable bonds is 1. The second kappa shape index (κ2) is 4.78. The van der Waals surface area contributed by atoms with E-state index in [9.17, 15) is 4.79 Å². The molecule has 0 saturated carbocycles. The SMILES string of the molecule is Cc1ccc2c(c1)C(=O)CC(c1cc(C)ccc1C)O2. The minimum atomic E-state index is -0.169. The predicted molar refractivity (Wildman–Crippen MR) is 79.4 cm³/mol.